The first-order valence-corrected chi connectivity index (χ1v) is 11.7. The van der Waals surface area contributed by atoms with Crippen LogP contribution in [-0.4, -0.2) is 100.0 Å². The third kappa shape index (κ3) is 4.87. The van der Waals surface area contributed by atoms with E-state index in [1.165, 1.54) is 11.0 Å². The van der Waals surface area contributed by atoms with Crippen LogP contribution in [0.3, 0.4) is 0 Å². The number of likely N-dealkylation sites (N-methyl/N-ethyl adjacent to an activating group) is 2. The number of phenols is 1. The van der Waals surface area contributed by atoms with Crippen LogP contribution in [0, 0.1) is 11.8 Å². The maximum absolute atomic E-state index is 13.6. The van der Waals surface area contributed by atoms with E-state index in [0.717, 1.165) is 0 Å². The average molecular weight is 587 g/mol. The van der Waals surface area contributed by atoms with Crippen molar-refractivity contribution in [2.75, 3.05) is 40.1 Å². The van der Waals surface area contributed by atoms with Crippen molar-refractivity contribution in [3.05, 3.63) is 45.9 Å². The number of anilines is 1. The molecule has 0 radical (unpaired) electrons. The Morgan fingerprint density at radius 3 is 2.26 bits per heavy atom. The van der Waals surface area contributed by atoms with Gasteiger partial charge in [-0.15, -0.1) is 24.8 Å². The summed E-state index contributed by atoms with van der Waals surface area (Å²) in [5.41, 5.74) is 1.80. The molecule has 0 spiro atoms. The van der Waals surface area contributed by atoms with Crippen LogP contribution in [0.15, 0.2) is 34.8 Å². The van der Waals surface area contributed by atoms with Crippen LogP contribution in [0.2, 0.25) is 0 Å². The molecule has 3 aliphatic rings. The third-order valence-corrected chi connectivity index (χ3v) is 7.33. The molecule has 7 N–H and O–H groups in total. The van der Waals surface area contributed by atoms with E-state index in [0.29, 0.717) is 5.56 Å². The number of aromatic hydroxyl groups is 1. The number of halogens is 2. The largest absolute Gasteiger partial charge is 0.510 e. The van der Waals surface area contributed by atoms with Crippen molar-refractivity contribution in [2.24, 2.45) is 17.6 Å². The third-order valence-electron chi connectivity index (χ3n) is 7.33. The van der Waals surface area contributed by atoms with Gasteiger partial charge in [0.2, 0.25) is 11.7 Å². The summed E-state index contributed by atoms with van der Waals surface area (Å²) < 4.78 is 0. The Morgan fingerprint density at radius 2 is 1.72 bits per heavy atom. The van der Waals surface area contributed by atoms with Crippen molar-refractivity contribution < 1.29 is 39.6 Å². The highest BCUT2D eigenvalue weighted by atomic mass is 35.5. The van der Waals surface area contributed by atoms with Gasteiger partial charge in [0.15, 0.2) is 17.1 Å². The lowest BCUT2D eigenvalue weighted by Crippen LogP contribution is -2.63. The second-order valence-electron chi connectivity index (χ2n) is 10.2. The number of carbonyl (C=O) groups is 4. The predicted octanol–water partition coefficient (Wildman–Crippen LogP) is 0.464. The SMILES string of the molecule is CN(C)CC(=O)Nc1ccc2c(c1O)C(=O)C1=C(O)[C@]3(O)C(=O)C(C(N)=O)=C(O)[C@@H](N(C)C)C3CC1C2.Cl.Cl. The lowest BCUT2D eigenvalue weighted by atomic mass is 9.58. The first-order chi connectivity index (χ1) is 17.2. The molecule has 2 unspecified atom stereocenters. The van der Waals surface area contributed by atoms with Crippen molar-refractivity contribution in [1.82, 2.24) is 9.80 Å². The molecule has 0 fully saturated rings. The van der Waals surface area contributed by atoms with Crippen LogP contribution >= 0.6 is 24.8 Å². The van der Waals surface area contributed by atoms with E-state index < -0.39 is 69.7 Å². The van der Waals surface area contributed by atoms with Gasteiger partial charge in [0.25, 0.3) is 5.91 Å². The van der Waals surface area contributed by atoms with Crippen molar-refractivity contribution in [1.29, 1.82) is 0 Å². The molecule has 0 saturated carbocycles. The molecule has 39 heavy (non-hydrogen) atoms. The summed E-state index contributed by atoms with van der Waals surface area (Å²) in [7, 11) is 6.52. The number of nitrogens with one attached hydrogen (secondary N) is 1. The van der Waals surface area contributed by atoms with E-state index in [-0.39, 0.29) is 61.0 Å². The number of primary amides is 1. The number of fused-ring (bicyclic) bond motifs is 3. The van der Waals surface area contributed by atoms with Crippen LogP contribution in [-0.2, 0) is 20.8 Å². The first-order valence-electron chi connectivity index (χ1n) is 11.7. The van der Waals surface area contributed by atoms with Gasteiger partial charge in [0.05, 0.1) is 23.8 Å². The molecule has 4 rings (SSSR count). The van der Waals surface area contributed by atoms with E-state index in [4.69, 9.17) is 5.73 Å². The first kappa shape index (κ1) is 32.1. The van der Waals surface area contributed by atoms with Crippen molar-refractivity contribution in [3.8, 4) is 5.75 Å². The van der Waals surface area contributed by atoms with Gasteiger partial charge in [0.1, 0.15) is 17.1 Å². The van der Waals surface area contributed by atoms with Crippen molar-refractivity contribution in [3.63, 3.8) is 0 Å². The number of hydrogen-bond acceptors (Lipinski definition) is 10. The highest BCUT2D eigenvalue weighted by Gasteiger charge is 2.63. The van der Waals surface area contributed by atoms with Crippen molar-refractivity contribution >= 4 is 53.9 Å². The van der Waals surface area contributed by atoms with Gasteiger partial charge in [-0.3, -0.25) is 24.1 Å². The molecule has 12 nitrogen and oxygen atoms in total. The van der Waals surface area contributed by atoms with E-state index in [1.807, 2.05) is 0 Å². The normalized spacial score (nSPS) is 25.9. The van der Waals surface area contributed by atoms with Gasteiger partial charge >= 0.3 is 0 Å². The molecule has 14 heteroatoms. The number of allylic oxidation sites excluding steroid dienone is 1. The smallest absolute Gasteiger partial charge is 0.255 e. The number of ketones is 2. The number of hydrogen-bond donors (Lipinski definition) is 6. The zero-order valence-electron chi connectivity index (χ0n) is 21.7. The van der Waals surface area contributed by atoms with Crippen molar-refractivity contribution in [2.45, 2.75) is 24.5 Å². The Bertz CT molecular complexity index is 1310. The fourth-order valence-corrected chi connectivity index (χ4v) is 5.80. The lowest BCUT2D eigenvalue weighted by molar-refractivity contribution is -0.148. The van der Waals surface area contributed by atoms with Crippen LogP contribution < -0.4 is 11.1 Å². The van der Waals surface area contributed by atoms with Crippen LogP contribution in [0.1, 0.15) is 22.3 Å². The summed E-state index contributed by atoms with van der Waals surface area (Å²) in [5, 5.41) is 47.1. The molecular formula is C25H32Cl2N4O8. The van der Waals surface area contributed by atoms with Gasteiger partial charge in [0, 0.05) is 11.5 Å². The second kappa shape index (κ2) is 11.1. The van der Waals surface area contributed by atoms with Gasteiger partial charge in [-0.1, -0.05) is 6.07 Å². The quantitative estimate of drug-likeness (QED) is 0.208. The minimum Gasteiger partial charge on any atom is -0.510 e. The molecule has 4 atom stereocenters. The summed E-state index contributed by atoms with van der Waals surface area (Å²) in [6.45, 7) is 0.0324. The van der Waals surface area contributed by atoms with E-state index in [9.17, 15) is 39.6 Å². The summed E-state index contributed by atoms with van der Waals surface area (Å²) in [6.07, 6.45) is 0.182. The monoisotopic (exact) mass is 586 g/mol. The Hall–Kier alpha value is -3.16. The van der Waals surface area contributed by atoms with E-state index >= 15 is 0 Å². The Morgan fingerprint density at radius 1 is 1.10 bits per heavy atom. The number of aliphatic hydroxyl groups excluding tert-OH is 2. The number of nitrogens with two attached hydrogens (primary N) is 1. The maximum atomic E-state index is 13.6. The molecule has 0 aromatic heterocycles. The Balaban J connectivity index is 0.00000267. The summed E-state index contributed by atoms with van der Waals surface area (Å²) >= 11 is 0. The minimum absolute atomic E-state index is 0. The molecule has 0 heterocycles. The van der Waals surface area contributed by atoms with Gasteiger partial charge in [-0.2, -0.15) is 0 Å². The minimum atomic E-state index is -2.70. The number of rotatable bonds is 5. The number of benzene rings is 1. The number of Topliss-reactive ketones (excluding diaryl/α,β-unsaturated/α-hetero) is 2. The summed E-state index contributed by atoms with van der Waals surface area (Å²) in [5.74, 6) is -7.61. The van der Waals surface area contributed by atoms with E-state index in [2.05, 4.69) is 5.32 Å². The predicted molar refractivity (Wildman–Crippen MR) is 145 cm³/mol. The van der Waals surface area contributed by atoms with Gasteiger partial charge in [-0.05, 0) is 58.6 Å². The van der Waals surface area contributed by atoms with Gasteiger partial charge < -0.3 is 36.4 Å². The number of carbonyl (C=O) groups excluding carboxylic acids is 4. The molecule has 0 bridgehead atoms. The number of aliphatic hydroxyl groups is 3. The highest BCUT2D eigenvalue weighted by Crippen LogP contribution is 2.52. The summed E-state index contributed by atoms with van der Waals surface area (Å²) in [6, 6.07) is 2.02. The zero-order chi connectivity index (χ0) is 27.6. The number of phenolic OH excluding ortho intramolecular Hbond substituents is 1. The van der Waals surface area contributed by atoms with Crippen LogP contribution in [0.5, 0.6) is 5.75 Å². The Labute approximate surface area is 237 Å². The molecule has 2 amide bonds. The fraction of sp³-hybridized carbons (Fsp3) is 0.440. The number of amides is 2. The molecule has 1 aromatic carbocycles. The molecule has 0 saturated heterocycles. The summed E-state index contributed by atoms with van der Waals surface area (Å²) in [4.78, 5) is 54.3. The van der Waals surface area contributed by atoms with Crippen LogP contribution in [0.25, 0.3) is 0 Å². The molecule has 3 aliphatic carbocycles. The maximum Gasteiger partial charge on any atom is 0.255 e. The zero-order valence-corrected chi connectivity index (χ0v) is 23.4. The van der Waals surface area contributed by atoms with E-state index in [1.54, 1.807) is 39.2 Å². The lowest BCUT2D eigenvalue weighted by Gasteiger charge is -2.50. The fourth-order valence-electron chi connectivity index (χ4n) is 5.80. The van der Waals surface area contributed by atoms with Gasteiger partial charge in [-0.25, -0.2) is 0 Å². The Kier molecular flexibility index (Phi) is 9.16. The second-order valence-corrected chi connectivity index (χ2v) is 10.2. The average Bonchev–Trinajstić information content (AvgIpc) is 2.77. The van der Waals surface area contributed by atoms with Crippen LogP contribution in [0.4, 0.5) is 5.69 Å². The molecule has 214 valence electrons. The standard InChI is InChI=1S/C25H30N4O8.2ClH/c1-28(2)9-14(30)27-13-6-5-10-7-11-8-12-18(29(3)4)21(33)17(24(26)36)23(35)25(12,37)22(34)16(11)20(32)15(10)19(13)31;;/h5-6,11-12,18,31,33-34,37H,7-9H2,1-4H3,(H2,26,36)(H,27,30);2*1H/t11?,12?,18-,25-;;/m0../s1. The molecule has 1 aromatic rings. The molecule has 0 aliphatic heterocycles. The highest BCUT2D eigenvalue weighted by molar-refractivity contribution is 6.25. The topological polar surface area (TPSA) is 194 Å². The number of nitrogens with zero attached hydrogens (tertiary/aromatic N) is 2. The molecular weight excluding hydrogens is 555 g/mol.